The first kappa shape index (κ1) is 22.4. The molecule has 8 heteroatoms. The van der Waals surface area contributed by atoms with Crippen LogP contribution in [0.3, 0.4) is 0 Å². The van der Waals surface area contributed by atoms with Gasteiger partial charge in [-0.1, -0.05) is 23.5 Å². The number of hydrogen-bond acceptors (Lipinski definition) is 7. The largest absolute Gasteiger partial charge is 0.507 e. The van der Waals surface area contributed by atoms with Crippen molar-refractivity contribution in [1.29, 1.82) is 0 Å². The van der Waals surface area contributed by atoms with Crippen LogP contribution in [-0.2, 0) is 16.0 Å². The van der Waals surface area contributed by atoms with Crippen LogP contribution in [0.15, 0.2) is 60.4 Å². The van der Waals surface area contributed by atoms with Crippen molar-refractivity contribution in [3.8, 4) is 5.75 Å². The van der Waals surface area contributed by atoms with Gasteiger partial charge in [-0.2, -0.15) is 0 Å². The van der Waals surface area contributed by atoms with Crippen LogP contribution in [0.1, 0.15) is 40.8 Å². The van der Waals surface area contributed by atoms with Gasteiger partial charge < -0.3 is 9.84 Å². The number of amides is 1. The molecule has 2 aromatic carbocycles. The molecule has 36 heavy (non-hydrogen) atoms. The number of carbonyl (C=O) groups excluding carboxylic acids is 2. The molecule has 1 N–H and O–H groups in total. The number of anilines is 1. The van der Waals surface area contributed by atoms with Gasteiger partial charge in [-0.25, -0.2) is 4.98 Å². The number of aliphatic hydroxyl groups is 1. The fourth-order valence-electron chi connectivity index (χ4n) is 5.07. The fourth-order valence-corrected chi connectivity index (χ4v) is 6.24. The third-order valence-electron chi connectivity index (χ3n) is 6.64. The lowest BCUT2D eigenvalue weighted by molar-refractivity contribution is -0.132. The average Bonchev–Trinajstić information content (AvgIpc) is 3.52. The van der Waals surface area contributed by atoms with E-state index >= 15 is 0 Å². The first-order valence-corrected chi connectivity index (χ1v) is 12.5. The van der Waals surface area contributed by atoms with Gasteiger partial charge >= 0.3 is 5.91 Å². The summed E-state index contributed by atoms with van der Waals surface area (Å²) in [4.78, 5) is 37.2. The van der Waals surface area contributed by atoms with E-state index in [9.17, 15) is 14.7 Å². The number of rotatable bonds is 3. The predicted molar refractivity (Wildman–Crippen MR) is 138 cm³/mol. The molecule has 7 nitrogen and oxygen atoms in total. The third kappa shape index (κ3) is 3.48. The maximum absolute atomic E-state index is 13.5. The van der Waals surface area contributed by atoms with Gasteiger partial charge in [0.1, 0.15) is 17.6 Å². The second kappa shape index (κ2) is 8.27. The van der Waals surface area contributed by atoms with Crippen molar-refractivity contribution in [2.75, 3.05) is 4.90 Å². The van der Waals surface area contributed by atoms with Gasteiger partial charge in [0.15, 0.2) is 5.13 Å². The Morgan fingerprint density at radius 3 is 2.78 bits per heavy atom. The Labute approximate surface area is 211 Å². The molecule has 0 bridgehead atoms. The molecule has 0 spiro atoms. The number of benzene rings is 2. The van der Waals surface area contributed by atoms with E-state index in [1.165, 1.54) is 16.2 Å². The molecule has 0 aliphatic carbocycles. The molecular formula is C28H23N3O4S. The van der Waals surface area contributed by atoms with Crippen LogP contribution in [-0.4, -0.2) is 32.9 Å². The van der Waals surface area contributed by atoms with Gasteiger partial charge in [0, 0.05) is 24.4 Å². The van der Waals surface area contributed by atoms with E-state index in [1.807, 2.05) is 39.0 Å². The molecule has 1 fully saturated rings. The number of hydrogen-bond donors (Lipinski definition) is 1. The van der Waals surface area contributed by atoms with Crippen LogP contribution >= 0.6 is 11.3 Å². The SMILES string of the molecule is Cc1cc(C)c2nc(N3C(=O)C(=O)C(=C(O)c4ccc5c(c4)C[C@@H](C)O5)[C@@H]3c3cccnc3)sc2c1. The number of nitrogens with zero attached hydrogens (tertiary/aromatic N) is 3. The Bertz CT molecular complexity index is 1590. The van der Waals surface area contributed by atoms with E-state index in [-0.39, 0.29) is 17.4 Å². The van der Waals surface area contributed by atoms with Gasteiger partial charge in [-0.3, -0.25) is 19.5 Å². The summed E-state index contributed by atoms with van der Waals surface area (Å²) in [6.07, 6.45) is 3.99. The maximum atomic E-state index is 13.5. The van der Waals surface area contributed by atoms with Gasteiger partial charge in [-0.15, -0.1) is 0 Å². The molecule has 2 aliphatic rings. The number of aliphatic hydroxyl groups excluding tert-OH is 1. The van der Waals surface area contributed by atoms with Crippen molar-refractivity contribution < 1.29 is 19.4 Å². The van der Waals surface area contributed by atoms with Gasteiger partial charge in [0.2, 0.25) is 0 Å². The predicted octanol–water partition coefficient (Wildman–Crippen LogP) is 5.26. The highest BCUT2D eigenvalue weighted by atomic mass is 32.1. The van der Waals surface area contributed by atoms with Crippen LogP contribution in [0.25, 0.3) is 16.0 Å². The normalized spacial score (nSPS) is 20.7. The van der Waals surface area contributed by atoms with Gasteiger partial charge in [-0.05, 0) is 73.4 Å². The molecule has 0 radical (unpaired) electrons. The molecule has 1 saturated heterocycles. The quantitative estimate of drug-likeness (QED) is 0.236. The molecule has 2 atom stereocenters. The highest BCUT2D eigenvalue weighted by Crippen LogP contribution is 2.45. The van der Waals surface area contributed by atoms with Crippen LogP contribution < -0.4 is 9.64 Å². The van der Waals surface area contributed by atoms with E-state index < -0.39 is 17.7 Å². The monoisotopic (exact) mass is 497 g/mol. The Hall–Kier alpha value is -4.04. The standard InChI is InChI=1S/C28H23N3O4S/c1-14-9-15(2)23-21(10-14)36-28(30-23)31-24(18-5-4-8-29-13-18)22(26(33)27(31)34)25(32)17-6-7-20-19(12-17)11-16(3)35-20/h4-10,12-13,16,24,32H,11H2,1-3H3/t16-,24+/m1/s1. The number of ketones is 1. The summed E-state index contributed by atoms with van der Waals surface area (Å²) in [6.45, 7) is 5.97. The zero-order valence-electron chi connectivity index (χ0n) is 20.0. The Kier molecular flexibility index (Phi) is 5.15. The first-order chi connectivity index (χ1) is 17.3. The number of fused-ring (bicyclic) bond motifs is 2. The minimum absolute atomic E-state index is 0.0204. The van der Waals surface area contributed by atoms with Crippen molar-refractivity contribution in [3.05, 3.63) is 88.2 Å². The number of thiazole rings is 1. The number of carbonyl (C=O) groups is 2. The molecule has 2 aliphatic heterocycles. The second-order valence-corrected chi connectivity index (χ2v) is 10.3. The molecule has 0 saturated carbocycles. The smallest absolute Gasteiger partial charge is 0.301 e. The summed E-state index contributed by atoms with van der Waals surface area (Å²) >= 11 is 1.35. The third-order valence-corrected chi connectivity index (χ3v) is 7.64. The lowest BCUT2D eigenvalue weighted by Crippen LogP contribution is -2.29. The molecule has 6 rings (SSSR count). The van der Waals surface area contributed by atoms with E-state index in [4.69, 9.17) is 9.72 Å². The highest BCUT2D eigenvalue weighted by Gasteiger charge is 2.48. The number of aryl methyl sites for hydroxylation is 2. The zero-order chi connectivity index (χ0) is 25.1. The van der Waals surface area contributed by atoms with Crippen molar-refractivity contribution >= 4 is 44.1 Å². The van der Waals surface area contributed by atoms with Gasteiger partial charge in [0.05, 0.1) is 21.8 Å². The highest BCUT2D eigenvalue weighted by molar-refractivity contribution is 7.22. The second-order valence-electron chi connectivity index (χ2n) is 9.34. The van der Waals surface area contributed by atoms with Gasteiger partial charge in [0.25, 0.3) is 5.78 Å². The van der Waals surface area contributed by atoms with E-state index in [0.29, 0.717) is 22.7 Å². The summed E-state index contributed by atoms with van der Waals surface area (Å²) in [7, 11) is 0. The molecule has 4 heterocycles. The Balaban J connectivity index is 1.54. The molecule has 2 aromatic heterocycles. The van der Waals surface area contributed by atoms with Crippen LogP contribution in [0.5, 0.6) is 5.75 Å². The molecule has 4 aromatic rings. The maximum Gasteiger partial charge on any atom is 0.301 e. The van der Waals surface area contributed by atoms with Crippen molar-refractivity contribution in [2.24, 2.45) is 0 Å². The number of Topliss-reactive ketones (excluding diaryl/α,β-unsaturated/α-hetero) is 1. The van der Waals surface area contributed by atoms with Crippen molar-refractivity contribution in [2.45, 2.75) is 39.3 Å². The number of aromatic nitrogens is 2. The number of pyridine rings is 1. The molecular weight excluding hydrogens is 474 g/mol. The van der Waals surface area contributed by atoms with Crippen molar-refractivity contribution in [1.82, 2.24) is 9.97 Å². The average molecular weight is 498 g/mol. The first-order valence-electron chi connectivity index (χ1n) is 11.7. The minimum atomic E-state index is -0.857. The summed E-state index contributed by atoms with van der Waals surface area (Å²) in [5.74, 6) is -0.931. The van der Waals surface area contributed by atoms with Crippen LogP contribution in [0.4, 0.5) is 5.13 Å². The topological polar surface area (TPSA) is 92.6 Å². The molecule has 1 amide bonds. The summed E-state index contributed by atoms with van der Waals surface area (Å²) < 4.78 is 6.71. The zero-order valence-corrected chi connectivity index (χ0v) is 20.8. The summed E-state index contributed by atoms with van der Waals surface area (Å²) in [5, 5.41) is 11.8. The van der Waals surface area contributed by atoms with Crippen LogP contribution in [0.2, 0.25) is 0 Å². The molecule has 180 valence electrons. The van der Waals surface area contributed by atoms with E-state index in [2.05, 4.69) is 4.98 Å². The van der Waals surface area contributed by atoms with Crippen LogP contribution in [0, 0.1) is 13.8 Å². The Morgan fingerprint density at radius 1 is 1.17 bits per heavy atom. The van der Waals surface area contributed by atoms with E-state index in [0.717, 1.165) is 32.7 Å². The summed E-state index contributed by atoms with van der Waals surface area (Å²) in [6, 6.07) is 12.1. The Morgan fingerprint density at radius 2 is 2.00 bits per heavy atom. The number of ether oxygens (including phenoxy) is 1. The fraction of sp³-hybridized carbons (Fsp3) is 0.214. The van der Waals surface area contributed by atoms with Crippen molar-refractivity contribution in [3.63, 3.8) is 0 Å². The summed E-state index contributed by atoms with van der Waals surface area (Å²) in [5.41, 5.74) is 4.94. The lowest BCUT2D eigenvalue weighted by atomic mass is 9.95. The lowest BCUT2D eigenvalue weighted by Gasteiger charge is -2.22. The van der Waals surface area contributed by atoms with E-state index in [1.54, 1.807) is 36.7 Å². The molecule has 0 unspecified atom stereocenters. The minimum Gasteiger partial charge on any atom is -0.507 e.